The van der Waals surface area contributed by atoms with E-state index in [-0.39, 0.29) is 17.7 Å². The maximum absolute atomic E-state index is 11.9. The number of rotatable bonds is 8. The lowest BCUT2D eigenvalue weighted by molar-refractivity contribution is -0.130. The summed E-state index contributed by atoms with van der Waals surface area (Å²) >= 11 is 0. The number of hydrogen-bond acceptors (Lipinski definition) is 3. The van der Waals surface area contributed by atoms with Gasteiger partial charge in [0.1, 0.15) is 5.75 Å². The van der Waals surface area contributed by atoms with Gasteiger partial charge in [-0.3, -0.25) is 4.79 Å². The summed E-state index contributed by atoms with van der Waals surface area (Å²) in [4.78, 5) is 13.8. The Morgan fingerprint density at radius 3 is 2.30 bits per heavy atom. The Hall–Kier alpha value is -1.55. The van der Waals surface area contributed by atoms with Gasteiger partial charge in [-0.05, 0) is 38.0 Å². The summed E-state index contributed by atoms with van der Waals surface area (Å²) in [6.45, 7) is 8.32. The van der Waals surface area contributed by atoms with Gasteiger partial charge in [0, 0.05) is 32.1 Å². The number of benzene rings is 1. The van der Waals surface area contributed by atoms with E-state index >= 15 is 0 Å². The minimum Gasteiger partial charge on any atom is -0.508 e. The largest absolute Gasteiger partial charge is 0.508 e. The first kappa shape index (κ1) is 16.5. The second-order valence-corrected chi connectivity index (χ2v) is 4.82. The van der Waals surface area contributed by atoms with E-state index in [2.05, 4.69) is 12.2 Å². The molecule has 1 aromatic carbocycles. The highest BCUT2D eigenvalue weighted by Gasteiger charge is 2.12. The van der Waals surface area contributed by atoms with Crippen molar-refractivity contribution in [3.05, 3.63) is 29.8 Å². The van der Waals surface area contributed by atoms with Gasteiger partial charge in [0.05, 0.1) is 0 Å². The summed E-state index contributed by atoms with van der Waals surface area (Å²) in [5, 5.41) is 12.7. The molecule has 0 aliphatic rings. The molecule has 20 heavy (non-hydrogen) atoms. The minimum atomic E-state index is 0.197. The van der Waals surface area contributed by atoms with Crippen molar-refractivity contribution >= 4 is 5.91 Å². The average molecular weight is 278 g/mol. The van der Waals surface area contributed by atoms with E-state index in [1.54, 1.807) is 12.1 Å². The lowest BCUT2D eigenvalue weighted by atomic mass is 10.0. The maximum Gasteiger partial charge on any atom is 0.223 e. The monoisotopic (exact) mass is 278 g/mol. The summed E-state index contributed by atoms with van der Waals surface area (Å²) in [7, 11) is 0. The number of amides is 1. The normalized spacial score (nSPS) is 12.2. The van der Waals surface area contributed by atoms with Crippen molar-refractivity contribution in [3.63, 3.8) is 0 Å². The first-order valence-electron chi connectivity index (χ1n) is 7.42. The number of hydrogen-bond donors (Lipinski definition) is 2. The fourth-order valence-corrected chi connectivity index (χ4v) is 2.29. The van der Waals surface area contributed by atoms with Crippen molar-refractivity contribution in [1.82, 2.24) is 10.2 Å². The van der Waals surface area contributed by atoms with E-state index in [4.69, 9.17) is 0 Å². The van der Waals surface area contributed by atoms with E-state index < -0.39 is 0 Å². The molecule has 0 aromatic heterocycles. The molecule has 1 aromatic rings. The van der Waals surface area contributed by atoms with Gasteiger partial charge in [0.25, 0.3) is 0 Å². The second kappa shape index (κ2) is 8.59. The van der Waals surface area contributed by atoms with Crippen LogP contribution in [-0.2, 0) is 4.79 Å². The van der Waals surface area contributed by atoms with Crippen LogP contribution >= 0.6 is 0 Å². The summed E-state index contributed by atoms with van der Waals surface area (Å²) in [5.74, 6) is 0.475. The Kier molecular flexibility index (Phi) is 7.09. The van der Waals surface area contributed by atoms with Crippen molar-refractivity contribution in [3.8, 4) is 5.75 Å². The van der Waals surface area contributed by atoms with Gasteiger partial charge in [0.15, 0.2) is 0 Å². The summed E-state index contributed by atoms with van der Waals surface area (Å²) in [6, 6.07) is 7.45. The molecule has 4 heteroatoms. The number of carbonyl (C=O) groups is 1. The van der Waals surface area contributed by atoms with E-state index in [0.29, 0.717) is 13.0 Å². The molecule has 1 unspecified atom stereocenters. The highest BCUT2D eigenvalue weighted by Crippen LogP contribution is 2.19. The highest BCUT2D eigenvalue weighted by molar-refractivity contribution is 5.76. The van der Waals surface area contributed by atoms with Crippen LogP contribution in [0.4, 0.5) is 0 Å². The van der Waals surface area contributed by atoms with Gasteiger partial charge in [-0.25, -0.2) is 0 Å². The standard InChI is InChI=1S/C16H26N2O2/c1-4-15(13-7-9-14(19)10-8-13)17-12-11-16(20)18(5-2)6-3/h7-10,15,17,19H,4-6,11-12H2,1-3H3. The molecule has 0 aliphatic carbocycles. The number of phenolic OH excluding ortho intramolecular Hbond substituents is 1. The molecule has 0 spiro atoms. The average Bonchev–Trinajstić information content (AvgIpc) is 2.46. The van der Waals surface area contributed by atoms with Crippen LogP contribution < -0.4 is 5.32 Å². The van der Waals surface area contributed by atoms with Crippen LogP contribution in [0.2, 0.25) is 0 Å². The lowest BCUT2D eigenvalue weighted by Gasteiger charge is -2.21. The third-order valence-electron chi connectivity index (χ3n) is 3.55. The van der Waals surface area contributed by atoms with Crippen molar-refractivity contribution in [1.29, 1.82) is 0 Å². The molecule has 4 nitrogen and oxygen atoms in total. The summed E-state index contributed by atoms with van der Waals surface area (Å²) in [6.07, 6.45) is 1.47. The molecular formula is C16H26N2O2. The van der Waals surface area contributed by atoms with E-state index in [1.165, 1.54) is 0 Å². The van der Waals surface area contributed by atoms with Crippen LogP contribution in [0.1, 0.15) is 45.2 Å². The zero-order valence-electron chi connectivity index (χ0n) is 12.7. The molecular weight excluding hydrogens is 252 g/mol. The first-order valence-corrected chi connectivity index (χ1v) is 7.42. The molecule has 2 N–H and O–H groups in total. The van der Waals surface area contributed by atoms with Crippen molar-refractivity contribution in [2.75, 3.05) is 19.6 Å². The molecule has 0 heterocycles. The van der Waals surface area contributed by atoms with Gasteiger partial charge in [-0.1, -0.05) is 19.1 Å². The topological polar surface area (TPSA) is 52.6 Å². The van der Waals surface area contributed by atoms with Crippen LogP contribution in [0.15, 0.2) is 24.3 Å². The molecule has 0 bridgehead atoms. The van der Waals surface area contributed by atoms with Gasteiger partial charge < -0.3 is 15.3 Å². The number of carbonyl (C=O) groups excluding carboxylic acids is 1. The van der Waals surface area contributed by atoms with Crippen LogP contribution in [0, 0.1) is 0 Å². The fourth-order valence-electron chi connectivity index (χ4n) is 2.29. The second-order valence-electron chi connectivity index (χ2n) is 4.82. The Morgan fingerprint density at radius 1 is 1.20 bits per heavy atom. The van der Waals surface area contributed by atoms with E-state index in [1.807, 2.05) is 30.9 Å². The van der Waals surface area contributed by atoms with E-state index in [0.717, 1.165) is 25.1 Å². The Labute approximate surface area is 121 Å². The predicted molar refractivity (Wildman–Crippen MR) is 81.7 cm³/mol. The number of nitrogens with zero attached hydrogens (tertiary/aromatic N) is 1. The fraction of sp³-hybridized carbons (Fsp3) is 0.562. The van der Waals surface area contributed by atoms with Crippen LogP contribution in [0.25, 0.3) is 0 Å². The minimum absolute atomic E-state index is 0.197. The van der Waals surface area contributed by atoms with Gasteiger partial charge in [-0.2, -0.15) is 0 Å². The quantitative estimate of drug-likeness (QED) is 0.768. The van der Waals surface area contributed by atoms with Crippen molar-refractivity contribution in [2.45, 2.75) is 39.7 Å². The Bertz CT molecular complexity index is 399. The number of aromatic hydroxyl groups is 1. The molecule has 1 rings (SSSR count). The molecule has 112 valence electrons. The zero-order chi connectivity index (χ0) is 15.0. The van der Waals surface area contributed by atoms with Crippen molar-refractivity contribution < 1.29 is 9.90 Å². The van der Waals surface area contributed by atoms with Gasteiger partial charge in [0.2, 0.25) is 5.91 Å². The maximum atomic E-state index is 11.9. The first-order chi connectivity index (χ1) is 9.62. The van der Waals surface area contributed by atoms with Gasteiger partial charge in [-0.15, -0.1) is 0 Å². The third-order valence-corrected chi connectivity index (χ3v) is 3.55. The van der Waals surface area contributed by atoms with Crippen LogP contribution in [0.3, 0.4) is 0 Å². The molecule has 0 radical (unpaired) electrons. The lowest BCUT2D eigenvalue weighted by Crippen LogP contribution is -2.33. The Balaban J connectivity index is 2.46. The van der Waals surface area contributed by atoms with E-state index in [9.17, 15) is 9.90 Å². The van der Waals surface area contributed by atoms with Crippen molar-refractivity contribution in [2.24, 2.45) is 0 Å². The molecule has 0 saturated heterocycles. The molecule has 1 amide bonds. The molecule has 0 aliphatic heterocycles. The van der Waals surface area contributed by atoms with Gasteiger partial charge >= 0.3 is 0 Å². The highest BCUT2D eigenvalue weighted by atomic mass is 16.3. The zero-order valence-corrected chi connectivity index (χ0v) is 12.7. The number of phenols is 1. The summed E-state index contributed by atoms with van der Waals surface area (Å²) < 4.78 is 0. The Morgan fingerprint density at radius 2 is 1.80 bits per heavy atom. The SMILES string of the molecule is CCC(NCCC(=O)N(CC)CC)c1ccc(O)cc1. The number of nitrogens with one attached hydrogen (secondary N) is 1. The predicted octanol–water partition coefficient (Wildman–Crippen LogP) is 2.69. The molecule has 0 saturated carbocycles. The third kappa shape index (κ3) is 4.85. The smallest absolute Gasteiger partial charge is 0.223 e. The van der Waals surface area contributed by atoms with Crippen LogP contribution in [0.5, 0.6) is 5.75 Å². The van der Waals surface area contributed by atoms with Crippen LogP contribution in [-0.4, -0.2) is 35.5 Å². The summed E-state index contributed by atoms with van der Waals surface area (Å²) in [5.41, 5.74) is 1.14. The molecule has 1 atom stereocenters. The molecule has 0 fully saturated rings.